The van der Waals surface area contributed by atoms with E-state index in [1.807, 2.05) is 42.5 Å². The van der Waals surface area contributed by atoms with Crippen LogP contribution in [0.25, 0.3) is 22.2 Å². The number of nitrogens with one attached hydrogen (secondary N) is 1. The number of aromatic nitrogens is 2. The van der Waals surface area contributed by atoms with Gasteiger partial charge in [0.25, 0.3) is 0 Å². The molecule has 1 saturated heterocycles. The predicted octanol–water partition coefficient (Wildman–Crippen LogP) is 4.10. The van der Waals surface area contributed by atoms with Gasteiger partial charge >= 0.3 is 0 Å². The van der Waals surface area contributed by atoms with Crippen LogP contribution in [-0.2, 0) is 11.3 Å². The average Bonchev–Trinajstić information content (AvgIpc) is 2.87. The van der Waals surface area contributed by atoms with E-state index in [-0.39, 0.29) is 17.3 Å². The highest BCUT2D eigenvalue weighted by Crippen LogP contribution is 2.23. The summed E-state index contributed by atoms with van der Waals surface area (Å²) in [5.41, 5.74) is 3.58. The molecule has 1 fully saturated rings. The molecule has 1 aliphatic heterocycles. The Morgan fingerprint density at radius 1 is 1.09 bits per heavy atom. The quantitative estimate of drug-likeness (QED) is 0.503. The fourth-order valence-corrected chi connectivity index (χ4v) is 4.25. The maximum absolute atomic E-state index is 13.2. The molecule has 1 aromatic carbocycles. The number of hydrogen-bond acceptors (Lipinski definition) is 6. The molecule has 5 rings (SSSR count). The van der Waals surface area contributed by atoms with Gasteiger partial charge in [-0.15, -0.1) is 0 Å². The van der Waals surface area contributed by atoms with E-state index in [1.54, 1.807) is 30.9 Å². The fraction of sp³-hybridized carbons (Fsp3) is 0.231. The van der Waals surface area contributed by atoms with Crippen LogP contribution >= 0.6 is 0 Å². The van der Waals surface area contributed by atoms with Crippen LogP contribution in [0.4, 0.5) is 5.69 Å². The van der Waals surface area contributed by atoms with E-state index >= 15 is 0 Å². The number of nitrogens with zero attached hydrogens (tertiary/aromatic N) is 3. The van der Waals surface area contributed by atoms with Crippen LogP contribution < -0.4 is 10.7 Å². The number of fused-ring (bicyclic) bond motifs is 1. The standard InChI is InChI=1S/C26H24N4O3/c31-25-20(17-33-24-7-6-19(14-22(24)25)23-5-1-2-11-28-23)16-30-12-8-18(9-13-30)26(32)29-21-4-3-10-27-15-21/h1-7,10-11,14-15,17-18H,8-9,12-13,16H2,(H,29,32). The highest BCUT2D eigenvalue weighted by molar-refractivity contribution is 5.92. The van der Waals surface area contributed by atoms with Gasteiger partial charge in [-0.05, 0) is 68.4 Å². The normalized spacial score (nSPS) is 14.9. The van der Waals surface area contributed by atoms with Crippen molar-refractivity contribution >= 4 is 22.6 Å². The van der Waals surface area contributed by atoms with Crippen LogP contribution in [-0.4, -0.2) is 33.9 Å². The number of carbonyl (C=O) groups excluding carboxylic acids is 1. The van der Waals surface area contributed by atoms with Gasteiger partial charge in [-0.2, -0.15) is 0 Å². The smallest absolute Gasteiger partial charge is 0.227 e. The lowest BCUT2D eigenvalue weighted by Crippen LogP contribution is -2.38. The Hall–Kier alpha value is -3.84. The molecule has 1 N–H and O–H groups in total. The summed E-state index contributed by atoms with van der Waals surface area (Å²) in [4.78, 5) is 36.3. The number of amides is 1. The third-order valence-corrected chi connectivity index (χ3v) is 6.09. The Labute approximate surface area is 191 Å². The summed E-state index contributed by atoms with van der Waals surface area (Å²) < 4.78 is 5.76. The Balaban J connectivity index is 1.26. The maximum atomic E-state index is 13.2. The summed E-state index contributed by atoms with van der Waals surface area (Å²) in [6.45, 7) is 2.00. The Kier molecular flexibility index (Phi) is 5.95. The third-order valence-electron chi connectivity index (χ3n) is 6.09. The molecule has 0 saturated carbocycles. The van der Waals surface area contributed by atoms with Gasteiger partial charge in [-0.1, -0.05) is 6.07 Å². The number of likely N-dealkylation sites (tertiary alicyclic amines) is 1. The largest absolute Gasteiger partial charge is 0.464 e. The molecule has 4 aromatic rings. The molecule has 7 heteroatoms. The molecule has 7 nitrogen and oxygen atoms in total. The van der Waals surface area contributed by atoms with Crippen LogP contribution in [0.5, 0.6) is 0 Å². The van der Waals surface area contributed by atoms with E-state index in [4.69, 9.17) is 4.42 Å². The predicted molar refractivity (Wildman–Crippen MR) is 127 cm³/mol. The topological polar surface area (TPSA) is 88.3 Å². The van der Waals surface area contributed by atoms with Crippen molar-refractivity contribution in [2.75, 3.05) is 18.4 Å². The van der Waals surface area contributed by atoms with Crippen molar-refractivity contribution < 1.29 is 9.21 Å². The maximum Gasteiger partial charge on any atom is 0.227 e. The van der Waals surface area contributed by atoms with E-state index in [0.717, 1.165) is 37.2 Å². The van der Waals surface area contributed by atoms with Gasteiger partial charge in [0, 0.05) is 36.0 Å². The first-order valence-electron chi connectivity index (χ1n) is 11.1. The minimum atomic E-state index is -0.0459. The highest BCUT2D eigenvalue weighted by Gasteiger charge is 2.25. The minimum Gasteiger partial charge on any atom is -0.464 e. The third kappa shape index (κ3) is 4.68. The van der Waals surface area contributed by atoms with Crippen LogP contribution in [0.1, 0.15) is 18.4 Å². The molecule has 0 atom stereocenters. The molecule has 4 heterocycles. The van der Waals surface area contributed by atoms with Crippen molar-refractivity contribution in [2.24, 2.45) is 5.92 Å². The monoisotopic (exact) mass is 440 g/mol. The van der Waals surface area contributed by atoms with Crippen molar-refractivity contribution in [3.63, 3.8) is 0 Å². The lowest BCUT2D eigenvalue weighted by molar-refractivity contribution is -0.121. The lowest BCUT2D eigenvalue weighted by Gasteiger charge is -2.31. The van der Waals surface area contributed by atoms with E-state index in [0.29, 0.717) is 28.8 Å². The second-order valence-corrected chi connectivity index (χ2v) is 8.30. The lowest BCUT2D eigenvalue weighted by atomic mass is 9.95. The van der Waals surface area contributed by atoms with Gasteiger partial charge < -0.3 is 9.73 Å². The highest BCUT2D eigenvalue weighted by atomic mass is 16.3. The molecule has 166 valence electrons. The number of carbonyl (C=O) groups is 1. The van der Waals surface area contributed by atoms with E-state index in [9.17, 15) is 9.59 Å². The van der Waals surface area contributed by atoms with Gasteiger partial charge in [0.1, 0.15) is 5.58 Å². The van der Waals surface area contributed by atoms with Crippen molar-refractivity contribution in [3.8, 4) is 11.3 Å². The molecule has 0 unspecified atom stereocenters. The van der Waals surface area contributed by atoms with Gasteiger partial charge in [-0.3, -0.25) is 24.5 Å². The van der Waals surface area contributed by atoms with E-state index < -0.39 is 0 Å². The Morgan fingerprint density at radius 2 is 1.97 bits per heavy atom. The van der Waals surface area contributed by atoms with Crippen LogP contribution in [0.3, 0.4) is 0 Å². The minimum absolute atomic E-state index is 0.0227. The molecule has 1 amide bonds. The Morgan fingerprint density at radius 3 is 2.73 bits per heavy atom. The first kappa shape index (κ1) is 21.0. The zero-order valence-electron chi connectivity index (χ0n) is 18.1. The van der Waals surface area contributed by atoms with Crippen molar-refractivity contribution in [1.29, 1.82) is 0 Å². The number of rotatable bonds is 5. The zero-order valence-corrected chi connectivity index (χ0v) is 18.1. The molecule has 0 spiro atoms. The number of pyridine rings is 2. The summed E-state index contributed by atoms with van der Waals surface area (Å²) in [5.74, 6) is -0.0229. The summed E-state index contributed by atoms with van der Waals surface area (Å²) >= 11 is 0. The van der Waals surface area contributed by atoms with Crippen LogP contribution in [0, 0.1) is 5.92 Å². The fourth-order valence-electron chi connectivity index (χ4n) is 4.25. The number of piperidine rings is 1. The first-order valence-corrected chi connectivity index (χ1v) is 11.1. The summed E-state index contributed by atoms with van der Waals surface area (Å²) in [7, 11) is 0. The SMILES string of the molecule is O=C(Nc1cccnc1)C1CCN(Cc2coc3ccc(-c4ccccn4)cc3c2=O)CC1. The van der Waals surface area contributed by atoms with E-state index in [1.165, 1.54) is 0 Å². The van der Waals surface area contributed by atoms with Crippen molar-refractivity contribution in [1.82, 2.24) is 14.9 Å². The second kappa shape index (κ2) is 9.34. The summed E-state index contributed by atoms with van der Waals surface area (Å²) in [6, 6.07) is 14.9. The van der Waals surface area contributed by atoms with Gasteiger partial charge in [0.05, 0.1) is 29.2 Å². The van der Waals surface area contributed by atoms with Crippen molar-refractivity contribution in [2.45, 2.75) is 19.4 Å². The molecular formula is C26H24N4O3. The molecular weight excluding hydrogens is 416 g/mol. The Bertz CT molecular complexity index is 1310. The first-order chi connectivity index (χ1) is 16.2. The average molecular weight is 441 g/mol. The second-order valence-electron chi connectivity index (χ2n) is 8.30. The van der Waals surface area contributed by atoms with Crippen LogP contribution in [0.15, 0.2) is 82.6 Å². The molecule has 1 aliphatic rings. The summed E-state index contributed by atoms with van der Waals surface area (Å²) in [6.07, 6.45) is 8.11. The van der Waals surface area contributed by atoms with Gasteiger partial charge in [0.15, 0.2) is 5.43 Å². The number of benzene rings is 1. The van der Waals surface area contributed by atoms with Crippen molar-refractivity contribution in [3.05, 3.63) is 89.2 Å². The molecule has 0 aliphatic carbocycles. The molecule has 0 radical (unpaired) electrons. The van der Waals surface area contributed by atoms with Gasteiger partial charge in [-0.25, -0.2) is 0 Å². The van der Waals surface area contributed by atoms with Crippen LogP contribution in [0.2, 0.25) is 0 Å². The number of anilines is 1. The number of hydrogen-bond donors (Lipinski definition) is 1. The molecule has 33 heavy (non-hydrogen) atoms. The summed E-state index contributed by atoms with van der Waals surface area (Å²) in [5, 5.41) is 3.49. The molecule has 0 bridgehead atoms. The molecule has 3 aromatic heterocycles. The van der Waals surface area contributed by atoms with Gasteiger partial charge in [0.2, 0.25) is 5.91 Å². The zero-order chi connectivity index (χ0) is 22.6. The van der Waals surface area contributed by atoms with E-state index in [2.05, 4.69) is 20.2 Å².